The lowest BCUT2D eigenvalue weighted by atomic mass is 10.2. The van der Waals surface area contributed by atoms with Gasteiger partial charge < -0.3 is 19.9 Å². The summed E-state index contributed by atoms with van der Waals surface area (Å²) < 4.78 is 8.88. The third-order valence-electron chi connectivity index (χ3n) is 5.53. The number of urea groups is 1. The predicted molar refractivity (Wildman–Crippen MR) is 127 cm³/mol. The van der Waals surface area contributed by atoms with Crippen LogP contribution in [-0.2, 0) is 17.8 Å². The van der Waals surface area contributed by atoms with E-state index in [9.17, 15) is 9.59 Å². The Morgan fingerprint density at radius 2 is 2.12 bits per heavy atom. The summed E-state index contributed by atoms with van der Waals surface area (Å²) in [6, 6.07) is 3.97. The number of amides is 3. The number of imide groups is 1. The minimum absolute atomic E-state index is 0.246. The molecule has 2 aliphatic heterocycles. The number of carbonyl (C=O) groups excluding carboxylic acids is 2. The zero-order valence-corrected chi connectivity index (χ0v) is 20.0. The zero-order chi connectivity index (χ0) is 22.2. The largest absolute Gasteiger partial charge is 0.493 e. The van der Waals surface area contributed by atoms with Crippen molar-refractivity contribution in [2.75, 3.05) is 32.0 Å². The lowest BCUT2D eigenvalue weighted by Crippen LogP contribution is -2.32. The van der Waals surface area contributed by atoms with E-state index in [4.69, 9.17) is 15.5 Å². The molecule has 0 unspecified atom stereocenters. The van der Waals surface area contributed by atoms with Crippen LogP contribution in [0.25, 0.3) is 11.2 Å². The summed E-state index contributed by atoms with van der Waals surface area (Å²) in [6.45, 7) is 2.82. The van der Waals surface area contributed by atoms with Gasteiger partial charge in [0.1, 0.15) is 12.1 Å². The van der Waals surface area contributed by atoms with Crippen molar-refractivity contribution in [1.29, 1.82) is 0 Å². The summed E-state index contributed by atoms with van der Waals surface area (Å²) in [5, 5.41) is 0.755. The van der Waals surface area contributed by atoms with Crippen molar-refractivity contribution in [3.63, 3.8) is 0 Å². The number of carbonyl (C=O) groups is 2. The van der Waals surface area contributed by atoms with Gasteiger partial charge in [0, 0.05) is 41.1 Å². The van der Waals surface area contributed by atoms with Gasteiger partial charge in [0.15, 0.2) is 22.1 Å². The Hall–Kier alpha value is -2.61. The van der Waals surface area contributed by atoms with Crippen molar-refractivity contribution < 1.29 is 14.3 Å². The first kappa shape index (κ1) is 21.2. The Kier molecular flexibility index (Phi) is 5.80. The van der Waals surface area contributed by atoms with E-state index in [1.54, 1.807) is 4.90 Å². The van der Waals surface area contributed by atoms with E-state index in [-0.39, 0.29) is 6.03 Å². The molecule has 1 fully saturated rings. The average molecular weight is 565 g/mol. The average Bonchev–Trinajstić information content (AvgIpc) is 3.47. The number of anilines is 1. The van der Waals surface area contributed by atoms with Crippen LogP contribution < -0.4 is 10.5 Å². The van der Waals surface area contributed by atoms with Crippen molar-refractivity contribution in [2.24, 2.45) is 0 Å². The molecule has 3 aromatic rings. The maximum absolute atomic E-state index is 12.2. The summed E-state index contributed by atoms with van der Waals surface area (Å²) in [7, 11) is 0. The molecule has 10 nitrogen and oxygen atoms in total. The molecule has 0 spiro atoms. The number of aryl methyl sites for hydroxylation is 1. The number of hydrogen-bond donors (Lipinski definition) is 1. The second kappa shape index (κ2) is 8.73. The Balaban J connectivity index is 1.41. The van der Waals surface area contributed by atoms with Gasteiger partial charge >= 0.3 is 6.03 Å². The summed E-state index contributed by atoms with van der Waals surface area (Å²) in [6.07, 6.45) is 3.63. The molecule has 32 heavy (non-hydrogen) atoms. The van der Waals surface area contributed by atoms with Gasteiger partial charge in [0.2, 0.25) is 6.41 Å². The van der Waals surface area contributed by atoms with Crippen LogP contribution in [0.1, 0.15) is 12.0 Å². The van der Waals surface area contributed by atoms with Crippen molar-refractivity contribution in [1.82, 2.24) is 29.3 Å². The number of halogens is 1. The highest BCUT2D eigenvalue weighted by Crippen LogP contribution is 2.38. The molecule has 1 aromatic carbocycles. The third-order valence-corrected chi connectivity index (χ3v) is 7.84. The first-order chi connectivity index (χ1) is 15.5. The Bertz CT molecular complexity index is 1220. The van der Waals surface area contributed by atoms with Crippen LogP contribution in [0, 0.1) is 3.57 Å². The van der Waals surface area contributed by atoms with Crippen LogP contribution in [0.4, 0.5) is 10.6 Å². The second-order valence-corrected chi connectivity index (χ2v) is 9.66. The zero-order valence-electron chi connectivity index (χ0n) is 17.0. The molecule has 12 heteroatoms. The van der Waals surface area contributed by atoms with Gasteiger partial charge in [-0.15, -0.1) is 0 Å². The molecule has 1 saturated heterocycles. The molecular formula is C20H20IN7O3S. The lowest BCUT2D eigenvalue weighted by molar-refractivity contribution is -0.115. The molecule has 2 aromatic heterocycles. The first-order valence-electron chi connectivity index (χ1n) is 10.2. The number of fused-ring (bicyclic) bond motifs is 2. The van der Waals surface area contributed by atoms with Crippen LogP contribution in [0.5, 0.6) is 5.75 Å². The summed E-state index contributed by atoms with van der Waals surface area (Å²) in [5.74, 6) is 1.25. The number of benzene rings is 1. The van der Waals surface area contributed by atoms with Gasteiger partial charge in [-0.3, -0.25) is 9.69 Å². The fourth-order valence-corrected chi connectivity index (χ4v) is 5.70. The predicted octanol–water partition coefficient (Wildman–Crippen LogP) is 2.38. The van der Waals surface area contributed by atoms with Crippen molar-refractivity contribution in [3.8, 4) is 5.75 Å². The smallest absolute Gasteiger partial charge is 0.326 e. The van der Waals surface area contributed by atoms with E-state index >= 15 is 0 Å². The van der Waals surface area contributed by atoms with Gasteiger partial charge in [-0.25, -0.2) is 19.7 Å². The highest BCUT2D eigenvalue weighted by atomic mass is 127. The van der Waals surface area contributed by atoms with Gasteiger partial charge in [0.05, 0.1) is 6.61 Å². The van der Waals surface area contributed by atoms with Crippen molar-refractivity contribution >= 4 is 63.8 Å². The Labute approximate surface area is 201 Å². The Morgan fingerprint density at radius 3 is 2.94 bits per heavy atom. The summed E-state index contributed by atoms with van der Waals surface area (Å²) in [5.41, 5.74) is 8.51. The van der Waals surface area contributed by atoms with E-state index in [0.717, 1.165) is 25.8 Å². The fraction of sp³-hybridized carbons (Fsp3) is 0.350. The molecule has 3 amide bonds. The summed E-state index contributed by atoms with van der Waals surface area (Å²) in [4.78, 5) is 40.3. The molecular weight excluding hydrogens is 545 g/mol. The van der Waals surface area contributed by atoms with Crippen LogP contribution in [0.2, 0.25) is 0 Å². The molecule has 0 saturated carbocycles. The maximum atomic E-state index is 12.2. The molecule has 2 N–H and O–H groups in total. The normalized spacial score (nSPS) is 15.5. The molecule has 0 aliphatic carbocycles. The number of rotatable bonds is 7. The number of nitrogen functional groups attached to an aromatic ring is 1. The van der Waals surface area contributed by atoms with E-state index in [1.807, 2.05) is 4.57 Å². The lowest BCUT2D eigenvalue weighted by Gasteiger charge is -2.16. The van der Waals surface area contributed by atoms with Crippen molar-refractivity contribution in [3.05, 3.63) is 27.6 Å². The molecule has 0 bridgehead atoms. The van der Waals surface area contributed by atoms with Crippen LogP contribution >= 0.6 is 34.4 Å². The molecule has 166 valence electrons. The van der Waals surface area contributed by atoms with Gasteiger partial charge in [-0.2, -0.15) is 0 Å². The maximum Gasteiger partial charge on any atom is 0.326 e. The number of nitrogens with two attached hydrogens (primary N) is 1. The highest BCUT2D eigenvalue weighted by Gasteiger charge is 2.27. The number of hydrogen-bond acceptors (Lipinski definition) is 8. The first-order valence-corrected chi connectivity index (χ1v) is 12.1. The SMILES string of the molecule is Nc1ncnc2c1nc(Sc1cc3c(cc1I)CCO3)n2CCCN1CCN(C=O)C1=O. The number of aromatic nitrogens is 4. The Morgan fingerprint density at radius 1 is 1.25 bits per heavy atom. The quantitative estimate of drug-likeness (QED) is 0.343. The highest BCUT2D eigenvalue weighted by molar-refractivity contribution is 14.1. The fourth-order valence-electron chi connectivity index (χ4n) is 3.89. The second-order valence-electron chi connectivity index (χ2n) is 7.49. The number of ether oxygens (including phenoxy) is 1. The molecule has 0 radical (unpaired) electrons. The number of imidazole rings is 1. The molecule has 4 heterocycles. The van der Waals surface area contributed by atoms with Gasteiger partial charge in [-0.05, 0) is 46.7 Å². The van der Waals surface area contributed by atoms with E-state index in [1.165, 1.54) is 28.6 Å². The molecule has 2 aliphatic rings. The van der Waals surface area contributed by atoms with E-state index in [0.29, 0.717) is 62.6 Å². The standard InChI is InChI=1S/C20H20IN7O3S/c21-13-8-12-2-7-31-14(12)9-15(13)32-19-25-16-17(22)23-10-24-18(16)28(19)4-1-3-26-5-6-27(11-29)20(26)30/h8-11H,1-7H2,(H2,22,23,24). The van der Waals surface area contributed by atoms with Gasteiger partial charge in [-0.1, -0.05) is 11.8 Å². The summed E-state index contributed by atoms with van der Waals surface area (Å²) >= 11 is 3.87. The van der Waals surface area contributed by atoms with Crippen LogP contribution in [0.15, 0.2) is 28.5 Å². The van der Waals surface area contributed by atoms with Crippen molar-refractivity contribution in [2.45, 2.75) is 29.4 Å². The molecule has 5 rings (SSSR count). The minimum Gasteiger partial charge on any atom is -0.493 e. The third kappa shape index (κ3) is 3.85. The number of nitrogens with zero attached hydrogens (tertiary/aromatic N) is 6. The van der Waals surface area contributed by atoms with E-state index < -0.39 is 0 Å². The molecule has 0 atom stereocenters. The van der Waals surface area contributed by atoms with Crippen LogP contribution in [0.3, 0.4) is 0 Å². The van der Waals surface area contributed by atoms with E-state index in [2.05, 4.69) is 44.7 Å². The topological polar surface area (TPSA) is 119 Å². The van der Waals surface area contributed by atoms with Crippen LogP contribution in [-0.4, -0.2) is 68.0 Å². The minimum atomic E-state index is -0.246. The monoisotopic (exact) mass is 565 g/mol. The van der Waals surface area contributed by atoms with Gasteiger partial charge in [0.25, 0.3) is 0 Å².